The molecule has 3 aromatic heterocycles. The zero-order chi connectivity index (χ0) is 17.9. The van der Waals surface area contributed by atoms with Crippen molar-refractivity contribution in [1.29, 1.82) is 0 Å². The molecule has 1 fully saturated rings. The molecule has 4 heterocycles. The minimum atomic E-state index is 0.319. The van der Waals surface area contributed by atoms with Crippen LogP contribution in [0.3, 0.4) is 0 Å². The number of nitrogens with zero attached hydrogens (tertiary/aromatic N) is 4. The van der Waals surface area contributed by atoms with Gasteiger partial charge >= 0.3 is 0 Å². The van der Waals surface area contributed by atoms with Crippen molar-refractivity contribution in [3.63, 3.8) is 0 Å². The highest BCUT2D eigenvalue weighted by Crippen LogP contribution is 2.34. The van der Waals surface area contributed by atoms with Gasteiger partial charge in [0.1, 0.15) is 5.69 Å². The zero-order valence-electron chi connectivity index (χ0n) is 15.5. The maximum atomic E-state index is 5.66. The molecule has 26 heavy (non-hydrogen) atoms. The monoisotopic (exact) mass is 370 g/mol. The van der Waals surface area contributed by atoms with Crippen LogP contribution in [-0.2, 0) is 13.1 Å². The Morgan fingerprint density at radius 1 is 1.31 bits per heavy atom. The van der Waals surface area contributed by atoms with Crippen LogP contribution in [0, 0.1) is 6.92 Å². The number of aryl methyl sites for hydroxylation is 1. The van der Waals surface area contributed by atoms with Crippen molar-refractivity contribution in [2.24, 2.45) is 0 Å². The number of likely N-dealkylation sites (tertiary alicyclic amines) is 1. The molecule has 4 rings (SSSR count). The van der Waals surface area contributed by atoms with Crippen LogP contribution in [0.5, 0.6) is 0 Å². The van der Waals surface area contributed by atoms with E-state index in [-0.39, 0.29) is 0 Å². The second-order valence-electron chi connectivity index (χ2n) is 7.00. The molecule has 1 atom stereocenters. The molecule has 1 aliphatic heterocycles. The highest BCUT2D eigenvalue weighted by molar-refractivity contribution is 7.13. The Morgan fingerprint density at radius 3 is 3.00 bits per heavy atom. The lowest BCUT2D eigenvalue weighted by Crippen LogP contribution is -2.28. The molecular weight excluding hydrogens is 344 g/mol. The van der Waals surface area contributed by atoms with E-state index in [1.807, 2.05) is 12.3 Å². The van der Waals surface area contributed by atoms with E-state index in [2.05, 4.69) is 51.2 Å². The van der Waals surface area contributed by atoms with E-state index in [1.165, 1.54) is 30.5 Å². The molecular formula is C20H26N4OS. The van der Waals surface area contributed by atoms with Crippen LogP contribution in [0.1, 0.15) is 55.6 Å². The van der Waals surface area contributed by atoms with Gasteiger partial charge in [-0.15, -0.1) is 11.3 Å². The molecule has 3 aromatic rings. The van der Waals surface area contributed by atoms with Gasteiger partial charge in [-0.1, -0.05) is 24.1 Å². The lowest BCUT2D eigenvalue weighted by Gasteiger charge is -2.28. The molecule has 1 unspecified atom stereocenters. The van der Waals surface area contributed by atoms with Crippen molar-refractivity contribution in [1.82, 2.24) is 19.8 Å². The molecule has 0 aliphatic carbocycles. The Bertz CT molecular complexity index is 836. The highest BCUT2D eigenvalue weighted by atomic mass is 32.1. The van der Waals surface area contributed by atoms with Crippen LogP contribution in [0.15, 0.2) is 34.3 Å². The van der Waals surface area contributed by atoms with E-state index in [9.17, 15) is 0 Å². The molecule has 0 aromatic carbocycles. The topological polar surface area (TPSA) is 47.1 Å². The quantitative estimate of drug-likeness (QED) is 0.631. The average Bonchev–Trinajstić information content (AvgIpc) is 3.36. The molecule has 5 nitrogen and oxygen atoms in total. The van der Waals surface area contributed by atoms with Crippen molar-refractivity contribution in [3.8, 4) is 10.6 Å². The summed E-state index contributed by atoms with van der Waals surface area (Å²) in [6, 6.07) is 6.59. The second kappa shape index (κ2) is 7.76. The van der Waals surface area contributed by atoms with Crippen LogP contribution in [0.4, 0.5) is 0 Å². The van der Waals surface area contributed by atoms with Gasteiger partial charge in [0.15, 0.2) is 5.76 Å². The fraction of sp³-hybridized carbons (Fsp3) is 0.500. The maximum Gasteiger partial charge on any atom is 0.177 e. The maximum absolute atomic E-state index is 5.66. The third kappa shape index (κ3) is 3.48. The normalized spacial score (nSPS) is 18.9. The average molecular weight is 371 g/mol. The molecule has 0 spiro atoms. The summed E-state index contributed by atoms with van der Waals surface area (Å²) < 4.78 is 7.74. The first-order chi connectivity index (χ1) is 12.8. The van der Waals surface area contributed by atoms with Crippen molar-refractivity contribution < 1.29 is 4.52 Å². The summed E-state index contributed by atoms with van der Waals surface area (Å²) >= 11 is 1.69. The Labute approximate surface area is 158 Å². The zero-order valence-corrected chi connectivity index (χ0v) is 16.3. The number of aromatic nitrogens is 3. The van der Waals surface area contributed by atoms with Crippen LogP contribution < -0.4 is 0 Å². The summed E-state index contributed by atoms with van der Waals surface area (Å²) in [5.74, 6) is 0.884. The Morgan fingerprint density at radius 2 is 2.23 bits per heavy atom. The minimum absolute atomic E-state index is 0.319. The largest absolute Gasteiger partial charge is 0.355 e. The molecule has 1 saturated heterocycles. The van der Waals surface area contributed by atoms with Crippen LogP contribution in [0.25, 0.3) is 10.6 Å². The first-order valence-corrected chi connectivity index (χ1v) is 10.4. The summed E-state index contributed by atoms with van der Waals surface area (Å²) in [4.78, 5) is 3.71. The minimum Gasteiger partial charge on any atom is -0.355 e. The van der Waals surface area contributed by atoms with Gasteiger partial charge in [0.05, 0.1) is 17.1 Å². The molecule has 6 heteroatoms. The van der Waals surface area contributed by atoms with Gasteiger partial charge in [0.25, 0.3) is 0 Å². The summed E-state index contributed by atoms with van der Waals surface area (Å²) in [6.45, 7) is 7.26. The molecule has 0 radical (unpaired) electrons. The van der Waals surface area contributed by atoms with Gasteiger partial charge in [0.2, 0.25) is 0 Å². The van der Waals surface area contributed by atoms with E-state index in [4.69, 9.17) is 4.52 Å². The van der Waals surface area contributed by atoms with E-state index in [1.54, 1.807) is 11.3 Å². The summed E-state index contributed by atoms with van der Waals surface area (Å²) in [6.07, 6.45) is 6.94. The van der Waals surface area contributed by atoms with E-state index >= 15 is 0 Å². The summed E-state index contributed by atoms with van der Waals surface area (Å²) in [7, 11) is 0. The summed E-state index contributed by atoms with van der Waals surface area (Å²) in [5, 5.41) is 11.0. The molecule has 0 bridgehead atoms. The van der Waals surface area contributed by atoms with Gasteiger partial charge < -0.3 is 4.52 Å². The van der Waals surface area contributed by atoms with Crippen molar-refractivity contribution in [3.05, 3.63) is 46.7 Å². The van der Waals surface area contributed by atoms with E-state index < -0.39 is 0 Å². The first-order valence-electron chi connectivity index (χ1n) is 9.52. The number of rotatable bonds is 5. The predicted octanol–water partition coefficient (Wildman–Crippen LogP) is 5.05. The Kier molecular flexibility index (Phi) is 5.22. The fourth-order valence-corrected chi connectivity index (χ4v) is 4.52. The standard InChI is InChI=1S/C20H26N4OS/c1-3-24-15(2)16(13-21-24)14-23-10-6-4-5-8-18(23)17-12-19(25-22-17)20-9-7-11-26-20/h7,9,11-13,18H,3-6,8,10,14H2,1-2H3. The first kappa shape index (κ1) is 17.5. The SMILES string of the molecule is CCn1ncc(CN2CCCCCC2c2cc(-c3cccs3)on2)c1C. The van der Waals surface area contributed by atoms with Crippen LogP contribution in [0.2, 0.25) is 0 Å². The van der Waals surface area contributed by atoms with Crippen molar-refractivity contribution in [2.75, 3.05) is 6.54 Å². The third-order valence-electron chi connectivity index (χ3n) is 5.38. The van der Waals surface area contributed by atoms with E-state index in [0.717, 1.165) is 42.4 Å². The van der Waals surface area contributed by atoms with Crippen molar-refractivity contribution in [2.45, 2.75) is 58.7 Å². The molecule has 0 amide bonds. The summed E-state index contributed by atoms with van der Waals surface area (Å²) in [5.41, 5.74) is 3.66. The van der Waals surface area contributed by atoms with Gasteiger partial charge in [-0.2, -0.15) is 5.10 Å². The lowest BCUT2D eigenvalue weighted by molar-refractivity contribution is 0.183. The van der Waals surface area contributed by atoms with Gasteiger partial charge in [0, 0.05) is 30.4 Å². The molecule has 138 valence electrons. The second-order valence-corrected chi connectivity index (χ2v) is 7.95. The number of hydrogen-bond acceptors (Lipinski definition) is 5. The van der Waals surface area contributed by atoms with Crippen LogP contribution in [-0.4, -0.2) is 26.4 Å². The number of thiophene rings is 1. The number of hydrogen-bond donors (Lipinski definition) is 0. The molecule has 0 saturated carbocycles. The fourth-order valence-electron chi connectivity index (χ4n) is 3.85. The van der Waals surface area contributed by atoms with Gasteiger partial charge in [-0.25, -0.2) is 0 Å². The van der Waals surface area contributed by atoms with Gasteiger partial charge in [-0.05, 0) is 44.7 Å². The van der Waals surface area contributed by atoms with Gasteiger partial charge in [-0.3, -0.25) is 9.58 Å². The third-order valence-corrected chi connectivity index (χ3v) is 6.26. The Hall–Kier alpha value is -1.92. The smallest absolute Gasteiger partial charge is 0.177 e. The molecule has 0 N–H and O–H groups in total. The molecule has 1 aliphatic rings. The van der Waals surface area contributed by atoms with Crippen LogP contribution >= 0.6 is 11.3 Å². The lowest BCUT2D eigenvalue weighted by atomic mass is 10.1. The van der Waals surface area contributed by atoms with E-state index in [0.29, 0.717) is 6.04 Å². The Balaban J connectivity index is 1.58. The van der Waals surface area contributed by atoms with Crippen molar-refractivity contribution >= 4 is 11.3 Å². The predicted molar refractivity (Wildman–Crippen MR) is 104 cm³/mol. The highest BCUT2D eigenvalue weighted by Gasteiger charge is 2.27.